The van der Waals surface area contributed by atoms with Crippen molar-refractivity contribution in [3.05, 3.63) is 325 Å². The molecule has 0 heterocycles. The predicted octanol–water partition coefficient (Wildman–Crippen LogP) is 30.6. The number of hydrogen-bond donors (Lipinski definition) is 0. The van der Waals surface area contributed by atoms with Crippen LogP contribution in [-0.2, 0) is 32.5 Å². The van der Waals surface area contributed by atoms with Crippen molar-refractivity contribution in [1.29, 1.82) is 0 Å². The summed E-state index contributed by atoms with van der Waals surface area (Å²) >= 11 is 0. The molecule has 6 atom stereocenters. The standard InChI is InChI=1S/C110H125N/c1-15-19-21-32-64-105(11,17-3)80-55-61-89-90-62-56-81(106(12,18-4)65-33-22-20-16-2)72-99(90)110(98(89)71-80)97-70-79(103(6,7)8)54-60-88(97)91-63-57-83(73-100(91)110)108(14)67-37-66-107(108,13)82-41-35-40-77(69-82)76-39-34-38-75(68-76)74(5)104(9,10)78-52-58-85(59-53-78)111(84-42-24-23-25-43-84)101-51-36-50-96-102(101)92-46-28-31-49-95(92)109(96)93-47-29-26-44-86(93)87-45-27-30-48-94(87)109/h23-24,26-31,35-36,39-42,44-52,54-58,60-63,68,70-74,77H,15-22,25,32-34,37-38,43,53,59,64-67,69H2,1-14H3. The molecule has 8 aromatic rings. The number of nitrogens with zero attached hydrogens (tertiary/aromatic N) is 1. The van der Waals surface area contributed by atoms with Gasteiger partial charge in [0.05, 0.1) is 16.5 Å². The van der Waals surface area contributed by atoms with Crippen molar-refractivity contribution in [2.24, 2.45) is 22.7 Å². The van der Waals surface area contributed by atoms with Crippen molar-refractivity contribution in [2.45, 2.75) is 271 Å². The summed E-state index contributed by atoms with van der Waals surface area (Å²) in [6.45, 7) is 35.2. The highest BCUT2D eigenvalue weighted by molar-refractivity contribution is 6.00. The van der Waals surface area contributed by atoms with Crippen LogP contribution >= 0.6 is 0 Å². The van der Waals surface area contributed by atoms with E-state index >= 15 is 0 Å². The molecule has 0 aliphatic heterocycles. The molecule has 1 saturated carbocycles. The maximum atomic E-state index is 2.83. The number of fused-ring (bicyclic) bond motifs is 20. The van der Waals surface area contributed by atoms with Crippen molar-refractivity contribution >= 4 is 5.69 Å². The van der Waals surface area contributed by atoms with Crippen molar-refractivity contribution in [3.63, 3.8) is 0 Å². The van der Waals surface area contributed by atoms with Gasteiger partial charge < -0.3 is 4.90 Å². The highest BCUT2D eigenvalue weighted by Crippen LogP contribution is 2.69. The summed E-state index contributed by atoms with van der Waals surface area (Å²) in [4.78, 5) is 2.70. The van der Waals surface area contributed by atoms with Crippen molar-refractivity contribution < 1.29 is 0 Å². The second kappa shape index (κ2) is 28.8. The van der Waals surface area contributed by atoms with Crippen LogP contribution in [0.4, 0.5) is 5.69 Å². The Labute approximate surface area is 669 Å². The molecule has 0 bridgehead atoms. The van der Waals surface area contributed by atoms with Gasteiger partial charge >= 0.3 is 0 Å². The lowest BCUT2D eigenvalue weighted by atomic mass is 9.58. The second-order valence-corrected chi connectivity index (χ2v) is 38.2. The van der Waals surface area contributed by atoms with Crippen LogP contribution in [-0.4, -0.2) is 0 Å². The van der Waals surface area contributed by atoms with Gasteiger partial charge in [-0.25, -0.2) is 0 Å². The maximum Gasteiger partial charge on any atom is 0.0726 e. The van der Waals surface area contributed by atoms with Gasteiger partial charge in [-0.05, 0) is 246 Å². The van der Waals surface area contributed by atoms with Crippen LogP contribution in [0.25, 0.3) is 44.5 Å². The first-order chi connectivity index (χ1) is 53.6. The molecule has 1 nitrogen and oxygen atoms in total. The largest absolute Gasteiger partial charge is 0.317 e. The van der Waals surface area contributed by atoms with Gasteiger partial charge in [0.2, 0.25) is 0 Å². The number of anilines is 1. The Morgan fingerprint density at radius 1 is 0.459 bits per heavy atom. The van der Waals surface area contributed by atoms with Gasteiger partial charge in [-0.2, -0.15) is 0 Å². The molecule has 9 aliphatic rings. The quantitative estimate of drug-likeness (QED) is 0.0577. The summed E-state index contributed by atoms with van der Waals surface area (Å²) in [5.41, 5.74) is 38.3. The molecule has 111 heavy (non-hydrogen) atoms. The molecular weight excluding hydrogens is 1340 g/mol. The molecule has 0 saturated heterocycles. The van der Waals surface area contributed by atoms with Gasteiger partial charge in [0.1, 0.15) is 0 Å². The van der Waals surface area contributed by atoms with Crippen LogP contribution in [0.5, 0.6) is 0 Å². The molecule has 0 radical (unpaired) electrons. The molecule has 8 aromatic carbocycles. The number of unbranched alkanes of at least 4 members (excludes halogenated alkanes) is 6. The lowest BCUT2D eigenvalue weighted by molar-refractivity contribution is 0.238. The summed E-state index contributed by atoms with van der Waals surface area (Å²) in [5.74, 6) is 0.728. The molecule has 2 spiro atoms. The highest BCUT2D eigenvalue weighted by Gasteiger charge is 2.57. The number of benzene rings is 8. The predicted molar refractivity (Wildman–Crippen MR) is 474 cm³/mol. The smallest absolute Gasteiger partial charge is 0.0726 e. The van der Waals surface area contributed by atoms with Crippen LogP contribution in [0.15, 0.2) is 258 Å². The van der Waals surface area contributed by atoms with Gasteiger partial charge in [0, 0.05) is 28.3 Å². The van der Waals surface area contributed by atoms with E-state index in [1.54, 1.807) is 16.7 Å². The molecule has 9 aliphatic carbocycles. The molecule has 0 amide bonds. The Morgan fingerprint density at radius 3 is 1.57 bits per heavy atom. The maximum absolute atomic E-state index is 2.83. The van der Waals surface area contributed by atoms with Crippen LogP contribution in [0, 0.1) is 22.7 Å². The molecule has 0 aromatic heterocycles. The van der Waals surface area contributed by atoms with E-state index in [4.69, 9.17) is 0 Å². The molecule has 6 unspecified atom stereocenters. The molecule has 17 rings (SSSR count). The number of hydrogen-bond acceptors (Lipinski definition) is 1. The summed E-state index contributed by atoms with van der Waals surface area (Å²) in [7, 11) is 0. The third kappa shape index (κ3) is 11.8. The summed E-state index contributed by atoms with van der Waals surface area (Å²) < 4.78 is 0. The van der Waals surface area contributed by atoms with Gasteiger partial charge in [-0.3, -0.25) is 0 Å². The topological polar surface area (TPSA) is 3.24 Å². The minimum absolute atomic E-state index is 0.0185. The van der Waals surface area contributed by atoms with Gasteiger partial charge in [-0.1, -0.05) is 378 Å². The Bertz CT molecular complexity index is 5130. The van der Waals surface area contributed by atoms with Gasteiger partial charge in [0.15, 0.2) is 0 Å². The molecule has 0 N–H and O–H groups in total. The Morgan fingerprint density at radius 2 is 0.991 bits per heavy atom. The zero-order valence-electron chi connectivity index (χ0n) is 70.0. The lowest BCUT2D eigenvalue weighted by Gasteiger charge is -2.46. The van der Waals surface area contributed by atoms with E-state index in [1.807, 2.05) is 0 Å². The molecule has 570 valence electrons. The van der Waals surface area contributed by atoms with Crippen LogP contribution in [0.1, 0.15) is 305 Å². The van der Waals surface area contributed by atoms with Crippen LogP contribution in [0.3, 0.4) is 0 Å². The van der Waals surface area contributed by atoms with Gasteiger partial charge in [-0.15, -0.1) is 0 Å². The second-order valence-electron chi connectivity index (χ2n) is 38.2. The monoisotopic (exact) mass is 1460 g/mol. The third-order valence-electron chi connectivity index (χ3n) is 31.3. The molecule has 1 fully saturated rings. The Kier molecular flexibility index (Phi) is 19.5. The average Bonchev–Trinajstić information content (AvgIpc) is 1.51. The van der Waals surface area contributed by atoms with E-state index in [9.17, 15) is 0 Å². The fourth-order valence-corrected chi connectivity index (χ4v) is 23.4. The first-order valence-electron chi connectivity index (χ1n) is 44.0. The molecule has 1 heteroatoms. The summed E-state index contributed by atoms with van der Waals surface area (Å²) in [6, 6.07) is 66.7. The summed E-state index contributed by atoms with van der Waals surface area (Å²) in [5, 5.41) is 0. The van der Waals surface area contributed by atoms with E-state index in [0.717, 1.165) is 57.8 Å². The minimum Gasteiger partial charge on any atom is -0.317 e. The van der Waals surface area contributed by atoms with E-state index in [-0.39, 0.29) is 37.9 Å². The van der Waals surface area contributed by atoms with E-state index < -0.39 is 5.41 Å². The van der Waals surface area contributed by atoms with Crippen LogP contribution < -0.4 is 4.90 Å². The average molecular weight is 1460 g/mol. The zero-order valence-corrected chi connectivity index (χ0v) is 70.0. The van der Waals surface area contributed by atoms with E-state index in [0.29, 0.717) is 11.8 Å². The number of rotatable bonds is 23. The first kappa shape index (κ1) is 75.2. The van der Waals surface area contributed by atoms with Crippen molar-refractivity contribution in [2.75, 3.05) is 4.90 Å². The Balaban J connectivity index is 0.691. The van der Waals surface area contributed by atoms with E-state index in [1.165, 1.54) is 217 Å². The van der Waals surface area contributed by atoms with E-state index in [2.05, 4.69) is 326 Å². The van der Waals surface area contributed by atoms with Crippen molar-refractivity contribution in [1.82, 2.24) is 0 Å². The number of allylic oxidation sites excluding steroid dienone is 16. The normalized spacial score (nSPS) is 22.8. The van der Waals surface area contributed by atoms with Crippen LogP contribution in [0.2, 0.25) is 0 Å². The SMILES string of the molecule is CCCCCCC(C)(CC)c1ccc2c(c1)C1(c3cc(C(C)(C)C)ccc3-c3ccc(C4(C)CCCC4(C)C4=CC=CC(C5=CCCC(C(C)C(C)(C)C6=CC=C(N(C7=CC=CCC7)c7cccc8c7-c7ccccc7C87c8ccccc8-c8ccccc87)CC6)=C5)C4)cc31)c1cc(C(C)(CC)CCCCCC)ccc1-2. The third-order valence-corrected chi connectivity index (χ3v) is 31.3. The minimum atomic E-state index is -0.475. The zero-order chi connectivity index (χ0) is 77.0. The fraction of sp³-hybridized carbons (Fsp3) is 0.418. The van der Waals surface area contributed by atoms with Crippen molar-refractivity contribution in [3.8, 4) is 44.5 Å². The summed E-state index contributed by atoms with van der Waals surface area (Å²) in [6.07, 6.45) is 51.1. The fourth-order valence-electron chi connectivity index (χ4n) is 23.4. The lowest BCUT2D eigenvalue weighted by Crippen LogP contribution is -2.39. The first-order valence-corrected chi connectivity index (χ1v) is 44.0. The highest BCUT2D eigenvalue weighted by atomic mass is 15.2. The van der Waals surface area contributed by atoms with Gasteiger partial charge in [0.25, 0.3) is 0 Å². The molecular formula is C110H125N. The Hall–Kier alpha value is -8.52.